The zero-order chi connectivity index (χ0) is 22.1. The van der Waals surface area contributed by atoms with Crippen LogP contribution in [0.15, 0.2) is 48.5 Å². The average molecular weight is 429 g/mol. The average Bonchev–Trinajstić information content (AvgIpc) is 2.79. The van der Waals surface area contributed by atoms with Crippen molar-refractivity contribution in [2.24, 2.45) is 0 Å². The number of unbranched alkanes of at least 4 members (excludes halogenated alkanes) is 1. The van der Waals surface area contributed by atoms with E-state index in [1.54, 1.807) is 0 Å². The summed E-state index contributed by atoms with van der Waals surface area (Å²) in [6, 6.07) is 15.0. The second-order valence-electron chi connectivity index (χ2n) is 8.81. The van der Waals surface area contributed by atoms with Crippen LogP contribution in [-0.4, -0.2) is 55.4 Å². The molecule has 1 fully saturated rings. The van der Waals surface area contributed by atoms with Gasteiger partial charge in [0.05, 0.1) is 12.2 Å². The first-order valence-electron chi connectivity index (χ1n) is 11.6. The number of rotatable bonds is 11. The van der Waals surface area contributed by atoms with Gasteiger partial charge in [-0.2, -0.15) is 0 Å². The molecule has 3 rings (SSSR count). The predicted octanol–water partition coefficient (Wildman–Crippen LogP) is 4.90. The summed E-state index contributed by atoms with van der Waals surface area (Å²) < 4.78 is 18.8. The number of likely N-dealkylation sites (tertiary alicyclic amines) is 1. The lowest BCUT2D eigenvalue weighted by atomic mass is 9.88. The van der Waals surface area contributed by atoms with Crippen molar-refractivity contribution in [2.75, 3.05) is 44.7 Å². The molecule has 0 bridgehead atoms. The molecule has 0 unspecified atom stereocenters. The third-order valence-corrected chi connectivity index (χ3v) is 6.37. The number of halogens is 1. The molecule has 0 spiro atoms. The second-order valence-corrected chi connectivity index (χ2v) is 8.81. The molecule has 0 aromatic heterocycles. The van der Waals surface area contributed by atoms with Gasteiger partial charge in [-0.1, -0.05) is 25.5 Å². The fraction of sp³-hybridized carbons (Fsp3) is 0.538. The molecule has 0 saturated carbocycles. The lowest BCUT2D eigenvalue weighted by Crippen LogP contribution is -2.46. The molecule has 1 aliphatic rings. The molecule has 2 aromatic rings. The highest BCUT2D eigenvalue weighted by molar-refractivity contribution is 5.48. The third kappa shape index (κ3) is 7.51. The highest BCUT2D eigenvalue weighted by Crippen LogP contribution is 2.27. The topological polar surface area (TPSA) is 35.9 Å². The van der Waals surface area contributed by atoms with Crippen LogP contribution in [0.2, 0.25) is 0 Å². The molecule has 31 heavy (non-hydrogen) atoms. The largest absolute Gasteiger partial charge is 0.494 e. The van der Waals surface area contributed by atoms with E-state index in [1.165, 1.54) is 12.1 Å². The number of piperidine rings is 1. The van der Waals surface area contributed by atoms with Crippen molar-refractivity contribution in [1.29, 1.82) is 0 Å². The Balaban J connectivity index is 1.38. The Hall–Kier alpha value is -2.11. The SMILES string of the molecule is CCCCOc1ccc(N(C)CCC2(O)CCN(CCc3ccc(F)cc3)CC2)cc1. The Bertz CT molecular complexity index is 771. The van der Waals surface area contributed by atoms with Crippen molar-refractivity contribution in [3.8, 4) is 5.75 Å². The van der Waals surface area contributed by atoms with Crippen LogP contribution in [-0.2, 0) is 6.42 Å². The Morgan fingerprint density at radius 1 is 1.06 bits per heavy atom. The van der Waals surface area contributed by atoms with Gasteiger partial charge in [0.15, 0.2) is 0 Å². The van der Waals surface area contributed by atoms with Crippen molar-refractivity contribution in [3.63, 3.8) is 0 Å². The van der Waals surface area contributed by atoms with E-state index in [0.717, 1.165) is 88.3 Å². The van der Waals surface area contributed by atoms with Crippen LogP contribution in [0, 0.1) is 5.82 Å². The number of nitrogens with zero attached hydrogens (tertiary/aromatic N) is 2. The number of anilines is 1. The highest BCUT2D eigenvalue weighted by atomic mass is 19.1. The van der Waals surface area contributed by atoms with Gasteiger partial charge in [0.25, 0.3) is 0 Å². The molecular weight excluding hydrogens is 391 g/mol. The number of ether oxygens (including phenoxy) is 1. The van der Waals surface area contributed by atoms with Crippen molar-refractivity contribution in [3.05, 3.63) is 59.9 Å². The standard InChI is InChI=1S/C26H37FN2O2/c1-3-4-21-31-25-11-9-24(10-12-25)28(2)18-14-26(30)15-19-29(20-16-26)17-13-22-5-7-23(27)8-6-22/h5-12,30H,3-4,13-21H2,1-2H3. The summed E-state index contributed by atoms with van der Waals surface area (Å²) in [7, 11) is 2.08. The number of aliphatic hydroxyl groups is 1. The molecule has 4 nitrogen and oxygen atoms in total. The molecule has 0 aliphatic carbocycles. The second kappa shape index (κ2) is 11.5. The Morgan fingerprint density at radius 3 is 2.39 bits per heavy atom. The molecule has 0 radical (unpaired) electrons. The summed E-state index contributed by atoms with van der Waals surface area (Å²) >= 11 is 0. The van der Waals surface area contributed by atoms with Gasteiger partial charge >= 0.3 is 0 Å². The lowest BCUT2D eigenvalue weighted by molar-refractivity contribution is -0.0254. The molecule has 0 atom stereocenters. The first kappa shape index (κ1) is 23.6. The smallest absolute Gasteiger partial charge is 0.123 e. The van der Waals surface area contributed by atoms with Crippen LogP contribution in [0.3, 0.4) is 0 Å². The minimum absolute atomic E-state index is 0.187. The van der Waals surface area contributed by atoms with Gasteiger partial charge in [0.2, 0.25) is 0 Å². The maximum atomic E-state index is 13.0. The van der Waals surface area contributed by atoms with Gasteiger partial charge in [0.1, 0.15) is 11.6 Å². The quantitative estimate of drug-likeness (QED) is 0.517. The summed E-state index contributed by atoms with van der Waals surface area (Å²) in [5.74, 6) is 0.727. The summed E-state index contributed by atoms with van der Waals surface area (Å²) in [5, 5.41) is 11.1. The van der Waals surface area contributed by atoms with Crippen LogP contribution in [0.4, 0.5) is 10.1 Å². The van der Waals surface area contributed by atoms with E-state index in [4.69, 9.17) is 4.74 Å². The maximum absolute atomic E-state index is 13.0. The van der Waals surface area contributed by atoms with Crippen molar-refractivity contribution in [1.82, 2.24) is 4.90 Å². The molecule has 170 valence electrons. The van der Waals surface area contributed by atoms with Gasteiger partial charge in [-0.15, -0.1) is 0 Å². The van der Waals surface area contributed by atoms with Crippen LogP contribution < -0.4 is 9.64 Å². The molecule has 2 aromatic carbocycles. The first-order chi connectivity index (χ1) is 15.0. The minimum Gasteiger partial charge on any atom is -0.494 e. The van der Waals surface area contributed by atoms with Gasteiger partial charge < -0.3 is 19.6 Å². The zero-order valence-corrected chi connectivity index (χ0v) is 19.0. The maximum Gasteiger partial charge on any atom is 0.123 e. The third-order valence-electron chi connectivity index (χ3n) is 6.37. The Kier molecular flexibility index (Phi) is 8.73. The van der Waals surface area contributed by atoms with E-state index in [1.807, 2.05) is 24.3 Å². The lowest BCUT2D eigenvalue weighted by Gasteiger charge is -2.39. The normalized spacial score (nSPS) is 16.3. The van der Waals surface area contributed by atoms with Gasteiger partial charge in [-0.25, -0.2) is 4.39 Å². The van der Waals surface area contributed by atoms with Gasteiger partial charge in [0, 0.05) is 38.9 Å². The molecule has 1 heterocycles. The number of benzene rings is 2. The predicted molar refractivity (Wildman–Crippen MR) is 125 cm³/mol. The Morgan fingerprint density at radius 2 is 1.74 bits per heavy atom. The van der Waals surface area contributed by atoms with Crippen LogP contribution in [0.5, 0.6) is 5.75 Å². The fourth-order valence-corrected chi connectivity index (χ4v) is 4.02. The monoisotopic (exact) mass is 428 g/mol. The van der Waals surface area contributed by atoms with Crippen molar-refractivity contribution in [2.45, 2.75) is 51.0 Å². The summed E-state index contributed by atoms with van der Waals surface area (Å²) in [4.78, 5) is 4.60. The Labute approximate surface area is 186 Å². The molecule has 1 N–H and O–H groups in total. The van der Waals surface area contributed by atoms with E-state index in [0.29, 0.717) is 0 Å². The van der Waals surface area contributed by atoms with Gasteiger partial charge in [-0.05, 0) is 74.1 Å². The number of hydrogen-bond acceptors (Lipinski definition) is 4. The van der Waals surface area contributed by atoms with E-state index >= 15 is 0 Å². The molecule has 1 aliphatic heterocycles. The number of hydrogen-bond donors (Lipinski definition) is 1. The van der Waals surface area contributed by atoms with Crippen LogP contribution in [0.1, 0.15) is 44.6 Å². The van der Waals surface area contributed by atoms with E-state index < -0.39 is 5.60 Å². The summed E-state index contributed by atoms with van der Waals surface area (Å²) in [6.07, 6.45) is 5.49. The van der Waals surface area contributed by atoms with Crippen molar-refractivity contribution >= 4 is 5.69 Å². The molecule has 1 saturated heterocycles. The summed E-state index contributed by atoms with van der Waals surface area (Å²) in [5.41, 5.74) is 1.71. The molecular formula is C26H37FN2O2. The van der Waals surface area contributed by atoms with Gasteiger partial charge in [-0.3, -0.25) is 0 Å². The zero-order valence-electron chi connectivity index (χ0n) is 19.0. The van der Waals surface area contributed by atoms with Crippen molar-refractivity contribution < 1.29 is 14.2 Å². The minimum atomic E-state index is -0.593. The van der Waals surface area contributed by atoms with Crippen LogP contribution >= 0.6 is 0 Å². The molecule has 5 heteroatoms. The van der Waals surface area contributed by atoms with E-state index in [-0.39, 0.29) is 5.82 Å². The van der Waals surface area contributed by atoms with E-state index in [9.17, 15) is 9.50 Å². The fourth-order valence-electron chi connectivity index (χ4n) is 4.02. The first-order valence-corrected chi connectivity index (χ1v) is 11.6. The highest BCUT2D eigenvalue weighted by Gasteiger charge is 2.32. The summed E-state index contributed by atoms with van der Waals surface area (Å²) in [6.45, 7) is 6.51. The van der Waals surface area contributed by atoms with Crippen LogP contribution in [0.25, 0.3) is 0 Å². The molecule has 0 amide bonds. The van der Waals surface area contributed by atoms with E-state index in [2.05, 4.69) is 35.9 Å².